The number of anilines is 2. The Hall–Kier alpha value is -2.43. The molecule has 4 rings (SSSR count). The van der Waals surface area contributed by atoms with Gasteiger partial charge in [-0.1, -0.05) is 6.07 Å². The molecule has 1 aliphatic heterocycles. The number of carbonyl (C=O) groups excluding carboxylic acids is 1. The van der Waals surface area contributed by atoms with E-state index in [0.717, 1.165) is 28.5 Å². The van der Waals surface area contributed by atoms with Crippen LogP contribution in [0.25, 0.3) is 10.6 Å². The molecule has 3 aromatic rings. The lowest BCUT2D eigenvalue weighted by Crippen LogP contribution is -2.35. The number of carbonyl (C=O) groups is 1. The number of nitrogens with zero attached hydrogens (tertiary/aromatic N) is 3. The smallest absolute Gasteiger partial charge is 0.275 e. The predicted molar refractivity (Wildman–Crippen MR) is 105 cm³/mol. The van der Waals surface area contributed by atoms with Crippen molar-refractivity contribution in [1.29, 1.82) is 0 Å². The first-order valence-corrected chi connectivity index (χ1v) is 10.3. The number of thiazole rings is 1. The first-order chi connectivity index (χ1) is 13.5. The van der Waals surface area contributed by atoms with Gasteiger partial charge in [-0.3, -0.25) is 4.79 Å². The molecule has 1 saturated heterocycles. The third-order valence-corrected chi connectivity index (χ3v) is 6.19. The molecule has 0 aliphatic carbocycles. The van der Waals surface area contributed by atoms with E-state index in [9.17, 15) is 18.7 Å². The molecule has 1 amide bonds. The van der Waals surface area contributed by atoms with Gasteiger partial charge in [0.15, 0.2) is 0 Å². The average Bonchev–Trinajstić information content (AvgIpc) is 3.32. The number of amides is 1. The summed E-state index contributed by atoms with van der Waals surface area (Å²) < 4.78 is 32.0. The van der Waals surface area contributed by atoms with Gasteiger partial charge >= 0.3 is 0 Å². The molecule has 0 bridgehead atoms. The molecule has 146 valence electrons. The highest BCUT2D eigenvalue weighted by atomic mass is 32.1. The van der Waals surface area contributed by atoms with Crippen LogP contribution in [0.5, 0.6) is 0 Å². The van der Waals surface area contributed by atoms with Crippen LogP contribution in [0.4, 0.5) is 19.5 Å². The van der Waals surface area contributed by atoms with Crippen molar-refractivity contribution in [3.8, 4) is 10.6 Å². The van der Waals surface area contributed by atoms with Crippen molar-refractivity contribution in [2.75, 3.05) is 23.3 Å². The van der Waals surface area contributed by atoms with Crippen LogP contribution < -0.4 is 10.2 Å². The summed E-state index contributed by atoms with van der Waals surface area (Å²) in [5.74, 6) is -1.92. The molecule has 10 heteroatoms. The molecule has 1 aromatic carbocycles. The maximum atomic E-state index is 13.9. The maximum absolute atomic E-state index is 13.9. The zero-order valence-electron chi connectivity index (χ0n) is 14.6. The number of piperidine rings is 1. The van der Waals surface area contributed by atoms with Crippen molar-refractivity contribution < 1.29 is 18.7 Å². The van der Waals surface area contributed by atoms with E-state index in [2.05, 4.69) is 19.6 Å². The molecular weight excluding hydrogens is 406 g/mol. The van der Waals surface area contributed by atoms with E-state index in [1.54, 1.807) is 6.20 Å². The Morgan fingerprint density at radius 3 is 2.68 bits per heavy atom. The number of nitrogens with one attached hydrogen (secondary N) is 1. The first-order valence-electron chi connectivity index (χ1n) is 8.62. The largest absolute Gasteiger partial charge is 0.393 e. The molecule has 2 aromatic heterocycles. The van der Waals surface area contributed by atoms with Gasteiger partial charge in [-0.05, 0) is 36.5 Å². The lowest BCUT2D eigenvalue weighted by molar-refractivity contribution is 0.102. The molecule has 6 nitrogen and oxygen atoms in total. The Labute approximate surface area is 167 Å². The van der Waals surface area contributed by atoms with Crippen molar-refractivity contribution in [1.82, 2.24) is 9.36 Å². The van der Waals surface area contributed by atoms with Crippen LogP contribution in [-0.4, -0.2) is 39.6 Å². The lowest BCUT2D eigenvalue weighted by Gasteiger charge is -2.30. The zero-order valence-corrected chi connectivity index (χ0v) is 16.2. The number of hydrogen-bond donors (Lipinski definition) is 2. The third kappa shape index (κ3) is 3.75. The van der Waals surface area contributed by atoms with Crippen LogP contribution in [0.3, 0.4) is 0 Å². The summed E-state index contributed by atoms with van der Waals surface area (Å²) in [4.78, 5) is 18.7. The Balaban J connectivity index is 1.52. The van der Waals surface area contributed by atoms with E-state index in [4.69, 9.17) is 0 Å². The van der Waals surface area contributed by atoms with Crippen molar-refractivity contribution in [3.05, 3.63) is 47.1 Å². The van der Waals surface area contributed by atoms with E-state index in [0.29, 0.717) is 31.6 Å². The van der Waals surface area contributed by atoms with Crippen LogP contribution in [0.1, 0.15) is 23.3 Å². The zero-order chi connectivity index (χ0) is 19.7. The van der Waals surface area contributed by atoms with Crippen LogP contribution in [0, 0.1) is 11.6 Å². The molecule has 1 fully saturated rings. The molecule has 0 saturated carbocycles. The van der Waals surface area contributed by atoms with Gasteiger partial charge in [-0.25, -0.2) is 13.8 Å². The molecule has 1 aliphatic rings. The molecule has 0 atom stereocenters. The topological polar surface area (TPSA) is 78.4 Å². The van der Waals surface area contributed by atoms with Gasteiger partial charge in [0.05, 0.1) is 23.6 Å². The van der Waals surface area contributed by atoms with Gasteiger partial charge < -0.3 is 15.3 Å². The van der Waals surface area contributed by atoms with Crippen LogP contribution >= 0.6 is 22.9 Å². The Morgan fingerprint density at radius 2 is 1.96 bits per heavy atom. The Bertz CT molecular complexity index is 979. The quantitative estimate of drug-likeness (QED) is 0.669. The Morgan fingerprint density at radius 1 is 1.25 bits per heavy atom. The molecule has 0 unspecified atom stereocenters. The van der Waals surface area contributed by atoms with Gasteiger partial charge in [-0.2, -0.15) is 4.37 Å². The number of aliphatic hydroxyl groups excluding tert-OH is 1. The average molecular weight is 422 g/mol. The maximum Gasteiger partial charge on any atom is 0.275 e. The van der Waals surface area contributed by atoms with Gasteiger partial charge in [0.1, 0.15) is 27.3 Å². The standard InChI is InChI=1S/C18H16F2N4O2S2/c19-11-2-1-3-12(20)15(11)17-23-14(9-27-17)16(26)22-13-8-21-28-18(13)24-6-4-10(25)5-7-24/h1-3,8-10,25H,4-7H2,(H,22,26). The molecule has 0 radical (unpaired) electrons. The molecule has 28 heavy (non-hydrogen) atoms. The number of halogens is 2. The summed E-state index contributed by atoms with van der Waals surface area (Å²) in [5, 5.41) is 14.8. The van der Waals surface area contributed by atoms with Crippen molar-refractivity contribution >= 4 is 39.5 Å². The number of rotatable bonds is 4. The number of benzene rings is 1. The summed E-state index contributed by atoms with van der Waals surface area (Å²) in [6.45, 7) is 1.36. The second-order valence-corrected chi connectivity index (χ2v) is 7.99. The minimum Gasteiger partial charge on any atom is -0.393 e. The fraction of sp³-hybridized carbons (Fsp3) is 0.278. The van der Waals surface area contributed by atoms with Gasteiger partial charge in [0.25, 0.3) is 5.91 Å². The Kier molecular flexibility index (Phi) is 5.33. The fourth-order valence-corrected chi connectivity index (χ4v) is 4.60. The summed E-state index contributed by atoms with van der Waals surface area (Å²) in [6, 6.07) is 3.58. The lowest BCUT2D eigenvalue weighted by atomic mass is 10.1. The molecule has 0 spiro atoms. The van der Waals surface area contributed by atoms with Crippen molar-refractivity contribution in [2.45, 2.75) is 18.9 Å². The van der Waals surface area contributed by atoms with Gasteiger partial charge in [0.2, 0.25) is 0 Å². The summed E-state index contributed by atoms with van der Waals surface area (Å²) in [6.07, 6.45) is 2.59. The van der Waals surface area contributed by atoms with Crippen molar-refractivity contribution in [2.24, 2.45) is 0 Å². The van der Waals surface area contributed by atoms with Crippen molar-refractivity contribution in [3.63, 3.8) is 0 Å². The minimum absolute atomic E-state index is 0.0777. The number of hydrogen-bond acceptors (Lipinski definition) is 7. The van der Waals surface area contributed by atoms with E-state index < -0.39 is 17.5 Å². The normalized spacial score (nSPS) is 15.0. The summed E-state index contributed by atoms with van der Waals surface area (Å²) in [5.41, 5.74) is 0.392. The molecular formula is C18H16F2N4O2S2. The van der Waals surface area contributed by atoms with Crippen LogP contribution in [0.15, 0.2) is 29.8 Å². The minimum atomic E-state index is -0.724. The number of aliphatic hydroxyl groups is 1. The van der Waals surface area contributed by atoms with Crippen LogP contribution in [-0.2, 0) is 0 Å². The first kappa shape index (κ1) is 18.9. The highest BCUT2D eigenvalue weighted by Crippen LogP contribution is 2.33. The fourth-order valence-electron chi connectivity index (χ4n) is 3.00. The summed E-state index contributed by atoms with van der Waals surface area (Å²) >= 11 is 2.26. The van der Waals surface area contributed by atoms with E-state index in [-0.39, 0.29) is 22.4 Å². The molecule has 3 heterocycles. The van der Waals surface area contributed by atoms with Crippen LogP contribution in [0.2, 0.25) is 0 Å². The second kappa shape index (κ2) is 7.90. The second-order valence-electron chi connectivity index (χ2n) is 6.35. The van der Waals surface area contributed by atoms with E-state index >= 15 is 0 Å². The van der Waals surface area contributed by atoms with E-state index in [1.165, 1.54) is 23.0 Å². The van der Waals surface area contributed by atoms with Gasteiger partial charge in [0, 0.05) is 18.5 Å². The third-order valence-electron chi connectivity index (χ3n) is 4.46. The van der Waals surface area contributed by atoms with Gasteiger partial charge in [-0.15, -0.1) is 11.3 Å². The highest BCUT2D eigenvalue weighted by Gasteiger charge is 2.23. The summed E-state index contributed by atoms with van der Waals surface area (Å²) in [7, 11) is 0. The predicted octanol–water partition coefficient (Wildman–Crippen LogP) is 3.76. The van der Waals surface area contributed by atoms with E-state index in [1.807, 2.05) is 0 Å². The SMILES string of the molecule is O=C(Nc1cnsc1N1CCC(O)CC1)c1csc(-c2c(F)cccc2F)n1. The molecule has 2 N–H and O–H groups in total. The number of aromatic nitrogens is 2. The monoisotopic (exact) mass is 422 g/mol. The highest BCUT2D eigenvalue weighted by molar-refractivity contribution is 7.13.